The van der Waals surface area contributed by atoms with Gasteiger partial charge in [-0.15, -0.1) is 24.0 Å². The van der Waals surface area contributed by atoms with Gasteiger partial charge in [0.05, 0.1) is 19.2 Å². The largest absolute Gasteiger partial charge is 0.492 e. The first-order valence-corrected chi connectivity index (χ1v) is 8.52. The highest BCUT2D eigenvalue weighted by molar-refractivity contribution is 14.0. The normalized spacial score (nSPS) is 17.3. The van der Waals surface area contributed by atoms with E-state index in [1.807, 2.05) is 0 Å². The molecular formula is C18H30IN3O2. The lowest BCUT2D eigenvalue weighted by Crippen LogP contribution is -2.39. The summed E-state index contributed by atoms with van der Waals surface area (Å²) in [5, 5.41) is 6.55. The molecule has 1 saturated heterocycles. The van der Waals surface area contributed by atoms with E-state index in [9.17, 15) is 0 Å². The molecule has 0 amide bonds. The molecule has 1 atom stereocenters. The van der Waals surface area contributed by atoms with Crippen LogP contribution in [0.5, 0.6) is 5.75 Å². The molecule has 1 unspecified atom stereocenters. The van der Waals surface area contributed by atoms with Crippen LogP contribution in [0.3, 0.4) is 0 Å². The quantitative estimate of drug-likeness (QED) is 0.292. The van der Waals surface area contributed by atoms with E-state index in [1.165, 1.54) is 11.1 Å². The fraction of sp³-hybridized carbons (Fsp3) is 0.611. The second-order valence-corrected chi connectivity index (χ2v) is 5.95. The Morgan fingerprint density at radius 1 is 1.25 bits per heavy atom. The molecule has 0 radical (unpaired) electrons. The van der Waals surface area contributed by atoms with E-state index in [0.717, 1.165) is 37.7 Å². The van der Waals surface area contributed by atoms with Crippen molar-refractivity contribution < 1.29 is 9.47 Å². The number of halogens is 1. The Morgan fingerprint density at radius 2 is 2.00 bits per heavy atom. The van der Waals surface area contributed by atoms with Crippen molar-refractivity contribution in [2.45, 2.75) is 39.7 Å². The number of rotatable bonds is 7. The zero-order valence-corrected chi connectivity index (χ0v) is 17.3. The maximum absolute atomic E-state index is 5.80. The van der Waals surface area contributed by atoms with Crippen LogP contribution in [-0.2, 0) is 4.74 Å². The van der Waals surface area contributed by atoms with Crippen LogP contribution >= 0.6 is 24.0 Å². The molecule has 1 heterocycles. The number of ether oxygens (including phenoxy) is 2. The molecule has 1 aromatic carbocycles. The minimum atomic E-state index is 0. The lowest BCUT2D eigenvalue weighted by Gasteiger charge is -2.13. The number of aliphatic imine (C=N–C) groups is 1. The Labute approximate surface area is 162 Å². The van der Waals surface area contributed by atoms with Crippen molar-refractivity contribution in [1.29, 1.82) is 0 Å². The van der Waals surface area contributed by atoms with E-state index in [2.05, 4.69) is 54.6 Å². The van der Waals surface area contributed by atoms with Gasteiger partial charge in [-0.25, -0.2) is 0 Å². The number of nitrogens with zero attached hydrogens (tertiary/aromatic N) is 1. The van der Waals surface area contributed by atoms with Gasteiger partial charge in [-0.2, -0.15) is 0 Å². The van der Waals surface area contributed by atoms with E-state index >= 15 is 0 Å². The first-order valence-electron chi connectivity index (χ1n) is 8.52. The minimum Gasteiger partial charge on any atom is -0.492 e. The summed E-state index contributed by atoms with van der Waals surface area (Å²) in [6.45, 7) is 9.97. The third-order valence-corrected chi connectivity index (χ3v) is 3.68. The smallest absolute Gasteiger partial charge is 0.191 e. The summed E-state index contributed by atoms with van der Waals surface area (Å²) >= 11 is 0. The van der Waals surface area contributed by atoms with E-state index < -0.39 is 0 Å². The predicted octanol–water partition coefficient (Wildman–Crippen LogP) is 3.03. The lowest BCUT2D eigenvalue weighted by molar-refractivity contribution is 0.117. The zero-order chi connectivity index (χ0) is 16.5. The van der Waals surface area contributed by atoms with Gasteiger partial charge in [0.25, 0.3) is 0 Å². The van der Waals surface area contributed by atoms with Crippen molar-refractivity contribution in [2.24, 2.45) is 4.99 Å². The van der Waals surface area contributed by atoms with Crippen molar-refractivity contribution in [3.8, 4) is 5.75 Å². The van der Waals surface area contributed by atoms with Crippen LogP contribution in [0, 0.1) is 13.8 Å². The number of hydrogen-bond donors (Lipinski definition) is 2. The van der Waals surface area contributed by atoms with Crippen LogP contribution in [0.25, 0.3) is 0 Å². The van der Waals surface area contributed by atoms with Gasteiger partial charge >= 0.3 is 0 Å². The molecule has 2 rings (SSSR count). The lowest BCUT2D eigenvalue weighted by atomic mass is 10.1. The van der Waals surface area contributed by atoms with Gasteiger partial charge in [0.15, 0.2) is 5.96 Å². The van der Waals surface area contributed by atoms with Gasteiger partial charge in [-0.1, -0.05) is 6.07 Å². The molecule has 1 aliphatic heterocycles. The molecular weight excluding hydrogens is 417 g/mol. The van der Waals surface area contributed by atoms with Gasteiger partial charge in [-0.05, 0) is 56.9 Å². The third kappa shape index (κ3) is 7.70. The Balaban J connectivity index is 0.00000288. The van der Waals surface area contributed by atoms with E-state index in [1.54, 1.807) is 0 Å². The van der Waals surface area contributed by atoms with Crippen LogP contribution in [0.2, 0.25) is 0 Å². The molecule has 6 heteroatoms. The monoisotopic (exact) mass is 447 g/mol. The highest BCUT2D eigenvalue weighted by atomic mass is 127. The average Bonchev–Trinajstić information content (AvgIpc) is 3.01. The fourth-order valence-corrected chi connectivity index (χ4v) is 2.68. The van der Waals surface area contributed by atoms with Crippen LogP contribution in [0.15, 0.2) is 23.2 Å². The van der Waals surface area contributed by atoms with Crippen molar-refractivity contribution in [3.63, 3.8) is 0 Å². The minimum absolute atomic E-state index is 0. The number of nitrogens with one attached hydrogen (secondary N) is 2. The average molecular weight is 447 g/mol. The molecule has 1 fully saturated rings. The number of benzene rings is 1. The van der Waals surface area contributed by atoms with Crippen LogP contribution in [-0.4, -0.2) is 44.9 Å². The second-order valence-electron chi connectivity index (χ2n) is 5.95. The summed E-state index contributed by atoms with van der Waals surface area (Å²) in [5.41, 5.74) is 2.44. The Hall–Kier alpha value is -1.02. The third-order valence-electron chi connectivity index (χ3n) is 3.68. The highest BCUT2D eigenvalue weighted by Crippen LogP contribution is 2.15. The molecule has 2 N–H and O–H groups in total. The van der Waals surface area contributed by atoms with Crippen molar-refractivity contribution in [2.75, 3.05) is 32.8 Å². The van der Waals surface area contributed by atoms with Crippen LogP contribution in [0.4, 0.5) is 0 Å². The SMILES string of the molecule is CCNC(=NCC1CCCO1)NCCOc1cc(C)cc(C)c1.I. The number of guanidine groups is 1. The summed E-state index contributed by atoms with van der Waals surface area (Å²) in [5.74, 6) is 1.75. The summed E-state index contributed by atoms with van der Waals surface area (Å²) < 4.78 is 11.4. The van der Waals surface area contributed by atoms with Crippen LogP contribution in [0.1, 0.15) is 30.9 Å². The van der Waals surface area contributed by atoms with Gasteiger partial charge in [0.1, 0.15) is 12.4 Å². The Morgan fingerprint density at radius 3 is 2.62 bits per heavy atom. The van der Waals surface area contributed by atoms with E-state index in [0.29, 0.717) is 19.7 Å². The Bertz CT molecular complexity index is 497. The van der Waals surface area contributed by atoms with Crippen molar-refractivity contribution in [3.05, 3.63) is 29.3 Å². The molecule has 0 spiro atoms. The van der Waals surface area contributed by atoms with Crippen LogP contribution < -0.4 is 15.4 Å². The van der Waals surface area contributed by atoms with Crippen molar-refractivity contribution in [1.82, 2.24) is 10.6 Å². The first kappa shape index (κ1) is 21.0. The molecule has 0 aliphatic carbocycles. The standard InChI is InChI=1S/C18H29N3O2.HI/c1-4-19-18(21-13-16-6-5-8-22-16)20-7-9-23-17-11-14(2)10-15(3)12-17;/h10-12,16H,4-9,13H2,1-3H3,(H2,19,20,21);1H. The van der Waals surface area contributed by atoms with Gasteiger partial charge in [0.2, 0.25) is 0 Å². The second kappa shape index (κ2) is 11.5. The van der Waals surface area contributed by atoms with Gasteiger partial charge in [0, 0.05) is 13.2 Å². The molecule has 0 aromatic heterocycles. The molecule has 1 aromatic rings. The highest BCUT2D eigenvalue weighted by Gasteiger charge is 2.14. The molecule has 0 saturated carbocycles. The van der Waals surface area contributed by atoms with E-state index in [-0.39, 0.29) is 30.1 Å². The number of hydrogen-bond acceptors (Lipinski definition) is 3. The predicted molar refractivity (Wildman–Crippen MR) is 110 cm³/mol. The van der Waals surface area contributed by atoms with E-state index in [4.69, 9.17) is 9.47 Å². The maximum atomic E-state index is 5.80. The molecule has 1 aliphatic rings. The van der Waals surface area contributed by atoms with Gasteiger partial charge < -0.3 is 20.1 Å². The summed E-state index contributed by atoms with van der Waals surface area (Å²) in [6.07, 6.45) is 2.53. The molecule has 0 bridgehead atoms. The summed E-state index contributed by atoms with van der Waals surface area (Å²) in [6, 6.07) is 6.26. The first-order chi connectivity index (χ1) is 11.2. The zero-order valence-electron chi connectivity index (χ0n) is 14.9. The van der Waals surface area contributed by atoms with Gasteiger partial charge in [-0.3, -0.25) is 4.99 Å². The molecule has 136 valence electrons. The Kier molecular flexibility index (Phi) is 10.1. The summed E-state index contributed by atoms with van der Waals surface area (Å²) in [7, 11) is 0. The topological polar surface area (TPSA) is 54.9 Å². The maximum Gasteiger partial charge on any atom is 0.191 e. The van der Waals surface area contributed by atoms with Crippen molar-refractivity contribution >= 4 is 29.9 Å². The summed E-state index contributed by atoms with van der Waals surface area (Å²) in [4.78, 5) is 4.58. The fourth-order valence-electron chi connectivity index (χ4n) is 2.68. The molecule has 5 nitrogen and oxygen atoms in total. The number of aryl methyl sites for hydroxylation is 2. The molecule has 24 heavy (non-hydrogen) atoms.